The van der Waals surface area contributed by atoms with Crippen LogP contribution in [0.2, 0.25) is 0 Å². The highest BCUT2D eigenvalue weighted by molar-refractivity contribution is 5.95. The van der Waals surface area contributed by atoms with E-state index in [-0.39, 0.29) is 5.91 Å². The maximum Gasteiger partial charge on any atom is 0.253 e. The lowest BCUT2D eigenvalue weighted by Gasteiger charge is -2.36. The van der Waals surface area contributed by atoms with E-state index < -0.39 is 0 Å². The van der Waals surface area contributed by atoms with E-state index >= 15 is 0 Å². The molecular formula is C26H29N5O2. The predicted molar refractivity (Wildman–Crippen MR) is 130 cm³/mol. The standard InChI is InChI=1S/C26H29N5O2/c1-20-27-24(19-25(28-20)30-15-17-33-18-16-30)29-11-13-31(14-12-29)26(32)23-9-7-22(8-10-23)21-5-3-2-4-6-21/h2-10,19H,11-18H2,1H3. The Bertz CT molecular complexity index is 1090. The molecule has 0 spiro atoms. The van der Waals surface area contributed by atoms with Gasteiger partial charge in [-0.15, -0.1) is 0 Å². The van der Waals surface area contributed by atoms with Crippen LogP contribution in [0.1, 0.15) is 16.2 Å². The van der Waals surface area contributed by atoms with Gasteiger partial charge in [-0.05, 0) is 30.2 Å². The molecule has 2 fully saturated rings. The quantitative estimate of drug-likeness (QED) is 0.617. The van der Waals surface area contributed by atoms with Gasteiger partial charge >= 0.3 is 0 Å². The maximum absolute atomic E-state index is 13.1. The number of aromatic nitrogens is 2. The number of benzene rings is 2. The summed E-state index contributed by atoms with van der Waals surface area (Å²) in [5.74, 6) is 2.74. The first kappa shape index (κ1) is 21.4. The van der Waals surface area contributed by atoms with Crippen LogP contribution in [-0.4, -0.2) is 73.3 Å². The summed E-state index contributed by atoms with van der Waals surface area (Å²) in [5, 5.41) is 0. The Labute approximate surface area is 194 Å². The lowest BCUT2D eigenvalue weighted by Crippen LogP contribution is -2.49. The van der Waals surface area contributed by atoms with Crippen LogP contribution < -0.4 is 9.80 Å². The normalized spacial score (nSPS) is 16.7. The van der Waals surface area contributed by atoms with Crippen molar-refractivity contribution in [3.63, 3.8) is 0 Å². The molecule has 3 heterocycles. The SMILES string of the molecule is Cc1nc(N2CCOCC2)cc(N2CCN(C(=O)c3ccc(-c4ccccc4)cc3)CC2)n1. The zero-order valence-corrected chi connectivity index (χ0v) is 19.0. The number of aryl methyl sites for hydroxylation is 1. The van der Waals surface area contributed by atoms with E-state index in [0.717, 1.165) is 73.5 Å². The van der Waals surface area contributed by atoms with Crippen LogP contribution in [0.15, 0.2) is 60.7 Å². The Balaban J connectivity index is 1.23. The third kappa shape index (κ3) is 4.83. The van der Waals surface area contributed by atoms with Crippen LogP contribution >= 0.6 is 0 Å². The highest BCUT2D eigenvalue weighted by Gasteiger charge is 2.24. The van der Waals surface area contributed by atoms with Gasteiger partial charge in [0.1, 0.15) is 17.5 Å². The number of carbonyl (C=O) groups is 1. The van der Waals surface area contributed by atoms with Crippen LogP contribution in [0.4, 0.5) is 11.6 Å². The molecular weight excluding hydrogens is 414 g/mol. The molecule has 0 N–H and O–H groups in total. The van der Waals surface area contributed by atoms with Gasteiger partial charge in [0.05, 0.1) is 13.2 Å². The molecule has 2 saturated heterocycles. The monoisotopic (exact) mass is 443 g/mol. The molecule has 33 heavy (non-hydrogen) atoms. The van der Waals surface area contributed by atoms with Gasteiger partial charge in [0, 0.05) is 50.9 Å². The van der Waals surface area contributed by atoms with Crippen molar-refractivity contribution in [1.82, 2.24) is 14.9 Å². The first-order valence-electron chi connectivity index (χ1n) is 11.6. The number of nitrogens with zero attached hydrogens (tertiary/aromatic N) is 5. The van der Waals surface area contributed by atoms with Gasteiger partial charge in [-0.2, -0.15) is 0 Å². The van der Waals surface area contributed by atoms with Crippen molar-refractivity contribution in [3.05, 3.63) is 72.1 Å². The number of ether oxygens (including phenoxy) is 1. The highest BCUT2D eigenvalue weighted by atomic mass is 16.5. The number of piperazine rings is 1. The minimum atomic E-state index is 0.0853. The molecule has 7 heteroatoms. The minimum absolute atomic E-state index is 0.0853. The van der Waals surface area contributed by atoms with Crippen molar-refractivity contribution < 1.29 is 9.53 Å². The van der Waals surface area contributed by atoms with Gasteiger partial charge in [-0.3, -0.25) is 4.79 Å². The molecule has 2 aliphatic rings. The molecule has 170 valence electrons. The van der Waals surface area contributed by atoms with Crippen molar-refractivity contribution in [2.75, 3.05) is 62.3 Å². The molecule has 0 aliphatic carbocycles. The Morgan fingerprint density at radius 3 is 1.97 bits per heavy atom. The Morgan fingerprint density at radius 2 is 1.33 bits per heavy atom. The molecule has 0 bridgehead atoms. The predicted octanol–water partition coefficient (Wildman–Crippen LogP) is 3.25. The van der Waals surface area contributed by atoms with E-state index in [2.05, 4.69) is 38.0 Å². The lowest BCUT2D eigenvalue weighted by molar-refractivity contribution is 0.0746. The second-order valence-electron chi connectivity index (χ2n) is 8.45. The average molecular weight is 444 g/mol. The van der Waals surface area contributed by atoms with Crippen LogP contribution in [0.25, 0.3) is 11.1 Å². The van der Waals surface area contributed by atoms with Crippen LogP contribution in [0.3, 0.4) is 0 Å². The van der Waals surface area contributed by atoms with E-state index in [1.165, 1.54) is 0 Å². The van der Waals surface area contributed by atoms with Crippen molar-refractivity contribution in [2.24, 2.45) is 0 Å². The number of morpholine rings is 1. The summed E-state index contributed by atoms with van der Waals surface area (Å²) in [4.78, 5) is 28.8. The Hall–Kier alpha value is -3.45. The van der Waals surface area contributed by atoms with Crippen molar-refractivity contribution in [1.29, 1.82) is 0 Å². The Kier molecular flexibility index (Phi) is 6.21. The highest BCUT2D eigenvalue weighted by Crippen LogP contribution is 2.23. The van der Waals surface area contributed by atoms with Gasteiger partial charge in [0.25, 0.3) is 5.91 Å². The first-order valence-corrected chi connectivity index (χ1v) is 11.6. The number of rotatable bonds is 4. The molecule has 7 nitrogen and oxygen atoms in total. The fourth-order valence-corrected chi connectivity index (χ4v) is 4.41. The van der Waals surface area contributed by atoms with Gasteiger partial charge in [0.2, 0.25) is 0 Å². The van der Waals surface area contributed by atoms with Crippen LogP contribution in [-0.2, 0) is 4.74 Å². The topological polar surface area (TPSA) is 61.8 Å². The largest absolute Gasteiger partial charge is 0.378 e. The summed E-state index contributed by atoms with van der Waals surface area (Å²) in [6, 6.07) is 20.2. The summed E-state index contributed by atoms with van der Waals surface area (Å²) in [5.41, 5.74) is 3.00. The van der Waals surface area contributed by atoms with Gasteiger partial charge < -0.3 is 19.4 Å². The zero-order chi connectivity index (χ0) is 22.6. The third-order valence-electron chi connectivity index (χ3n) is 6.28. The van der Waals surface area contributed by atoms with Gasteiger partial charge in [-0.25, -0.2) is 9.97 Å². The average Bonchev–Trinajstić information content (AvgIpc) is 2.89. The molecule has 0 unspecified atom stereocenters. The molecule has 3 aromatic rings. The fourth-order valence-electron chi connectivity index (χ4n) is 4.41. The third-order valence-corrected chi connectivity index (χ3v) is 6.28. The fraction of sp³-hybridized carbons (Fsp3) is 0.346. The number of carbonyl (C=O) groups excluding carboxylic acids is 1. The molecule has 2 aliphatic heterocycles. The molecule has 0 radical (unpaired) electrons. The summed E-state index contributed by atoms with van der Waals surface area (Å²) >= 11 is 0. The van der Waals surface area contributed by atoms with E-state index in [0.29, 0.717) is 13.1 Å². The second kappa shape index (κ2) is 9.58. The number of hydrogen-bond donors (Lipinski definition) is 0. The smallest absolute Gasteiger partial charge is 0.253 e. The lowest BCUT2D eigenvalue weighted by atomic mass is 10.0. The van der Waals surface area contributed by atoms with Crippen LogP contribution in [0, 0.1) is 6.92 Å². The maximum atomic E-state index is 13.1. The number of amides is 1. The molecule has 0 saturated carbocycles. The molecule has 1 amide bonds. The summed E-state index contributed by atoms with van der Waals surface area (Å²) < 4.78 is 5.46. The zero-order valence-electron chi connectivity index (χ0n) is 19.0. The number of hydrogen-bond acceptors (Lipinski definition) is 6. The van der Waals surface area contributed by atoms with Gasteiger partial charge in [0.15, 0.2) is 0 Å². The van der Waals surface area contributed by atoms with E-state index in [1.54, 1.807) is 0 Å². The summed E-state index contributed by atoms with van der Waals surface area (Å²) in [7, 11) is 0. The van der Waals surface area contributed by atoms with Gasteiger partial charge in [-0.1, -0.05) is 42.5 Å². The van der Waals surface area contributed by atoms with E-state index in [1.807, 2.05) is 54.3 Å². The summed E-state index contributed by atoms with van der Waals surface area (Å²) in [6.07, 6.45) is 0. The van der Waals surface area contributed by atoms with E-state index in [9.17, 15) is 4.79 Å². The minimum Gasteiger partial charge on any atom is -0.378 e. The Morgan fingerprint density at radius 1 is 0.758 bits per heavy atom. The molecule has 0 atom stereocenters. The summed E-state index contributed by atoms with van der Waals surface area (Å²) in [6.45, 7) is 7.95. The van der Waals surface area contributed by atoms with Crippen molar-refractivity contribution >= 4 is 17.5 Å². The number of anilines is 2. The van der Waals surface area contributed by atoms with Crippen molar-refractivity contribution in [3.8, 4) is 11.1 Å². The van der Waals surface area contributed by atoms with Crippen LogP contribution in [0.5, 0.6) is 0 Å². The van der Waals surface area contributed by atoms with Crippen molar-refractivity contribution in [2.45, 2.75) is 6.92 Å². The first-order chi connectivity index (χ1) is 16.2. The molecule has 1 aromatic heterocycles. The van der Waals surface area contributed by atoms with E-state index in [4.69, 9.17) is 4.74 Å². The molecule has 5 rings (SSSR count). The second-order valence-corrected chi connectivity index (χ2v) is 8.45. The molecule has 2 aromatic carbocycles.